The van der Waals surface area contributed by atoms with Gasteiger partial charge in [-0.2, -0.15) is 0 Å². The molecule has 0 saturated carbocycles. The minimum absolute atomic E-state index is 0.0639. The van der Waals surface area contributed by atoms with Crippen molar-refractivity contribution in [1.82, 2.24) is 0 Å². The molecule has 0 amide bonds. The molecule has 0 rings (SSSR count). The van der Waals surface area contributed by atoms with Gasteiger partial charge in [0.2, 0.25) is 0 Å². The SMILES string of the molecule is CCC(C)CCCCCCCCCCCCCCCCC(=O)OC[C@@H](COC(=O)CCCCCCCCCCCCC(C)CC)OC(=O)CCCCCCCCCCCCC(C)CC. The van der Waals surface area contributed by atoms with Gasteiger partial charge in [0.05, 0.1) is 0 Å². The Bertz CT molecular complexity index is 997. The number of ether oxygens (including phenoxy) is 3. The van der Waals surface area contributed by atoms with Crippen molar-refractivity contribution in [2.75, 3.05) is 13.2 Å². The number of rotatable bonds is 51. The quantitative estimate of drug-likeness (QED) is 0.0344. The molecule has 0 N–H and O–H groups in total. The van der Waals surface area contributed by atoms with Crippen molar-refractivity contribution in [2.24, 2.45) is 17.8 Å². The van der Waals surface area contributed by atoms with Gasteiger partial charge < -0.3 is 14.2 Å². The third kappa shape index (κ3) is 46.9. The zero-order chi connectivity index (χ0) is 47.0. The first kappa shape index (κ1) is 62.4. The Labute approximate surface area is 399 Å². The first-order chi connectivity index (χ1) is 31.2. The molecule has 0 bridgehead atoms. The van der Waals surface area contributed by atoms with Crippen LogP contribution in [0.25, 0.3) is 0 Å². The van der Waals surface area contributed by atoms with Crippen LogP contribution in [0, 0.1) is 17.8 Å². The lowest BCUT2D eigenvalue weighted by atomic mass is 9.99. The Hall–Kier alpha value is -1.59. The maximum atomic E-state index is 12.8. The molecule has 0 saturated heterocycles. The molecule has 0 aliphatic heterocycles. The third-order valence-corrected chi connectivity index (χ3v) is 14.2. The van der Waals surface area contributed by atoms with Crippen LogP contribution in [0.1, 0.15) is 318 Å². The van der Waals surface area contributed by atoms with E-state index in [0.29, 0.717) is 19.3 Å². The summed E-state index contributed by atoms with van der Waals surface area (Å²) < 4.78 is 16.9. The van der Waals surface area contributed by atoms with E-state index < -0.39 is 6.10 Å². The van der Waals surface area contributed by atoms with Gasteiger partial charge in [-0.25, -0.2) is 0 Å². The fraction of sp³-hybridized carbons (Fsp3) is 0.948. The first-order valence-electron chi connectivity index (χ1n) is 28.7. The Kier molecular flexibility index (Phi) is 48.1. The van der Waals surface area contributed by atoms with E-state index in [1.165, 1.54) is 199 Å². The molecule has 0 spiro atoms. The molecular weight excluding hydrogens is 793 g/mol. The average Bonchev–Trinajstić information content (AvgIpc) is 3.29. The smallest absolute Gasteiger partial charge is 0.306 e. The maximum Gasteiger partial charge on any atom is 0.306 e. The number of carbonyl (C=O) groups excluding carboxylic acids is 3. The van der Waals surface area contributed by atoms with Gasteiger partial charge in [0.15, 0.2) is 6.10 Å². The summed E-state index contributed by atoms with van der Waals surface area (Å²) in [7, 11) is 0. The maximum absolute atomic E-state index is 12.8. The number of unbranched alkanes of at least 4 members (excludes halogenated alkanes) is 31. The van der Waals surface area contributed by atoms with Gasteiger partial charge >= 0.3 is 17.9 Å². The fourth-order valence-electron chi connectivity index (χ4n) is 8.73. The molecule has 6 nitrogen and oxygen atoms in total. The predicted molar refractivity (Wildman–Crippen MR) is 275 cm³/mol. The lowest BCUT2D eigenvalue weighted by molar-refractivity contribution is -0.167. The van der Waals surface area contributed by atoms with Gasteiger partial charge in [0, 0.05) is 19.3 Å². The largest absolute Gasteiger partial charge is 0.462 e. The molecule has 64 heavy (non-hydrogen) atoms. The second-order valence-corrected chi connectivity index (χ2v) is 20.7. The Morgan fingerprint density at radius 1 is 0.297 bits per heavy atom. The topological polar surface area (TPSA) is 78.9 Å². The molecular formula is C58H112O6. The summed E-state index contributed by atoms with van der Waals surface area (Å²) in [4.78, 5) is 38.1. The predicted octanol–water partition coefficient (Wildman–Crippen LogP) is 18.7. The van der Waals surface area contributed by atoms with Gasteiger partial charge in [-0.05, 0) is 37.0 Å². The monoisotopic (exact) mass is 905 g/mol. The summed E-state index contributed by atoms with van der Waals surface area (Å²) in [5, 5.41) is 0. The van der Waals surface area contributed by atoms with E-state index in [1.54, 1.807) is 0 Å². The summed E-state index contributed by atoms with van der Waals surface area (Å²) in [5.74, 6) is 1.79. The van der Waals surface area contributed by atoms with Gasteiger partial charge in [-0.1, -0.05) is 279 Å². The lowest BCUT2D eigenvalue weighted by Crippen LogP contribution is -2.30. The van der Waals surface area contributed by atoms with Crippen molar-refractivity contribution in [1.29, 1.82) is 0 Å². The van der Waals surface area contributed by atoms with Crippen molar-refractivity contribution < 1.29 is 28.6 Å². The van der Waals surface area contributed by atoms with E-state index in [9.17, 15) is 14.4 Å². The third-order valence-electron chi connectivity index (χ3n) is 14.2. The van der Waals surface area contributed by atoms with E-state index in [4.69, 9.17) is 14.2 Å². The van der Waals surface area contributed by atoms with E-state index in [1.807, 2.05) is 0 Å². The standard InChI is InChI=1S/C58H112O6/c1-7-52(4)44-38-32-26-20-14-12-10-11-13-15-23-29-35-41-47-56(59)62-50-55(64-58(61)49-43-37-31-25-19-17-22-28-34-40-46-54(6)9-3)51-63-57(60)48-42-36-30-24-18-16-21-27-33-39-45-53(5)8-2/h52-55H,7-51H2,1-6H3/t52?,53?,54?,55-/m0/s1. The van der Waals surface area contributed by atoms with Gasteiger partial charge in [0.1, 0.15) is 13.2 Å². The van der Waals surface area contributed by atoms with E-state index in [0.717, 1.165) is 75.5 Å². The minimum atomic E-state index is -0.764. The van der Waals surface area contributed by atoms with Crippen molar-refractivity contribution >= 4 is 17.9 Å². The van der Waals surface area contributed by atoms with E-state index in [-0.39, 0.29) is 31.1 Å². The molecule has 0 radical (unpaired) electrons. The highest BCUT2D eigenvalue weighted by Gasteiger charge is 2.19. The molecule has 0 aromatic heterocycles. The molecule has 0 aromatic carbocycles. The normalized spacial score (nSPS) is 13.4. The number of esters is 3. The molecule has 0 fully saturated rings. The van der Waals surface area contributed by atoms with Crippen LogP contribution in [0.5, 0.6) is 0 Å². The highest BCUT2D eigenvalue weighted by Crippen LogP contribution is 2.19. The molecule has 0 aliphatic rings. The minimum Gasteiger partial charge on any atom is -0.462 e. The summed E-state index contributed by atoms with van der Waals surface area (Å²) in [6.45, 7) is 13.8. The van der Waals surface area contributed by atoms with Crippen molar-refractivity contribution in [3.8, 4) is 0 Å². The van der Waals surface area contributed by atoms with Crippen LogP contribution in [-0.4, -0.2) is 37.2 Å². The van der Waals surface area contributed by atoms with E-state index >= 15 is 0 Å². The van der Waals surface area contributed by atoms with Crippen LogP contribution < -0.4 is 0 Å². The van der Waals surface area contributed by atoms with Crippen LogP contribution in [0.4, 0.5) is 0 Å². The number of hydrogen-bond donors (Lipinski definition) is 0. The Morgan fingerprint density at radius 3 is 0.734 bits per heavy atom. The van der Waals surface area contributed by atoms with Crippen molar-refractivity contribution in [2.45, 2.75) is 324 Å². The summed E-state index contributed by atoms with van der Waals surface area (Å²) in [6, 6.07) is 0. The zero-order valence-electron chi connectivity index (χ0n) is 44.1. The first-order valence-corrected chi connectivity index (χ1v) is 28.7. The van der Waals surface area contributed by atoms with Crippen LogP contribution in [0.3, 0.4) is 0 Å². The molecule has 4 atom stereocenters. The second-order valence-electron chi connectivity index (χ2n) is 20.7. The highest BCUT2D eigenvalue weighted by molar-refractivity contribution is 5.71. The average molecular weight is 906 g/mol. The number of carbonyl (C=O) groups is 3. The highest BCUT2D eigenvalue weighted by atomic mass is 16.6. The molecule has 6 heteroatoms. The summed E-state index contributed by atoms with van der Waals surface area (Å²) >= 11 is 0. The Morgan fingerprint density at radius 2 is 0.500 bits per heavy atom. The van der Waals surface area contributed by atoms with Crippen LogP contribution in [0.15, 0.2) is 0 Å². The second kappa shape index (κ2) is 49.3. The summed E-state index contributed by atoms with van der Waals surface area (Å²) in [6.07, 6.45) is 50.7. The fourth-order valence-corrected chi connectivity index (χ4v) is 8.73. The van der Waals surface area contributed by atoms with Gasteiger partial charge in [-0.15, -0.1) is 0 Å². The molecule has 380 valence electrons. The van der Waals surface area contributed by atoms with Crippen LogP contribution >= 0.6 is 0 Å². The number of hydrogen-bond acceptors (Lipinski definition) is 6. The lowest BCUT2D eigenvalue weighted by Gasteiger charge is -2.18. The molecule has 0 aromatic rings. The van der Waals surface area contributed by atoms with Crippen molar-refractivity contribution in [3.63, 3.8) is 0 Å². The van der Waals surface area contributed by atoms with Crippen molar-refractivity contribution in [3.05, 3.63) is 0 Å². The Balaban J connectivity index is 4.31. The van der Waals surface area contributed by atoms with E-state index in [2.05, 4.69) is 41.5 Å². The zero-order valence-corrected chi connectivity index (χ0v) is 44.1. The van der Waals surface area contributed by atoms with Crippen LogP contribution in [0.2, 0.25) is 0 Å². The summed E-state index contributed by atoms with van der Waals surface area (Å²) in [5.41, 5.74) is 0. The molecule has 0 heterocycles. The van der Waals surface area contributed by atoms with Gasteiger partial charge in [-0.3, -0.25) is 14.4 Å². The van der Waals surface area contributed by atoms with Gasteiger partial charge in [0.25, 0.3) is 0 Å². The molecule has 0 aliphatic carbocycles. The van der Waals surface area contributed by atoms with Crippen LogP contribution in [-0.2, 0) is 28.6 Å². The molecule has 3 unspecified atom stereocenters.